The molecule has 0 bridgehead atoms. The molecule has 1 aromatic heterocycles. The van der Waals surface area contributed by atoms with Gasteiger partial charge in [-0.15, -0.1) is 0 Å². The Labute approximate surface area is 179 Å². The lowest BCUT2D eigenvalue weighted by Crippen LogP contribution is -2.39. The van der Waals surface area contributed by atoms with E-state index in [9.17, 15) is 12.8 Å². The Bertz CT molecular complexity index is 1340. The van der Waals surface area contributed by atoms with Crippen molar-refractivity contribution in [1.29, 1.82) is 0 Å². The van der Waals surface area contributed by atoms with E-state index < -0.39 is 10.0 Å². The average Bonchev–Trinajstić information content (AvgIpc) is 3.30. The second kappa shape index (κ2) is 7.86. The molecule has 5 rings (SSSR count). The van der Waals surface area contributed by atoms with Crippen molar-refractivity contribution in [2.24, 2.45) is 0 Å². The van der Waals surface area contributed by atoms with E-state index in [1.807, 2.05) is 30.3 Å². The molecule has 0 radical (unpaired) electrons. The van der Waals surface area contributed by atoms with Gasteiger partial charge in [0, 0.05) is 18.7 Å². The van der Waals surface area contributed by atoms with Crippen LogP contribution in [0.5, 0.6) is 0 Å². The van der Waals surface area contributed by atoms with E-state index in [2.05, 4.69) is 10.1 Å². The summed E-state index contributed by atoms with van der Waals surface area (Å²) in [5.41, 5.74) is 0.646. The van der Waals surface area contributed by atoms with Crippen LogP contribution >= 0.6 is 0 Å². The van der Waals surface area contributed by atoms with Gasteiger partial charge < -0.3 is 4.52 Å². The molecule has 1 aliphatic heterocycles. The van der Waals surface area contributed by atoms with Crippen LogP contribution in [0, 0.1) is 5.82 Å². The fourth-order valence-electron chi connectivity index (χ4n) is 3.96. The molecule has 6 nitrogen and oxygen atoms in total. The van der Waals surface area contributed by atoms with Crippen molar-refractivity contribution < 1.29 is 17.3 Å². The molecule has 4 aromatic rings. The molecule has 3 aromatic carbocycles. The van der Waals surface area contributed by atoms with Crippen LogP contribution in [0.4, 0.5) is 4.39 Å². The van der Waals surface area contributed by atoms with Crippen molar-refractivity contribution in [3.63, 3.8) is 0 Å². The third-order valence-corrected chi connectivity index (χ3v) is 7.50. The van der Waals surface area contributed by atoms with E-state index in [1.54, 1.807) is 24.3 Å². The lowest BCUT2D eigenvalue weighted by molar-refractivity contribution is 0.265. The second-order valence-electron chi connectivity index (χ2n) is 7.67. The first-order valence-electron chi connectivity index (χ1n) is 10.1. The summed E-state index contributed by atoms with van der Waals surface area (Å²) < 4.78 is 46.7. The fraction of sp³-hybridized carbons (Fsp3) is 0.217. The van der Waals surface area contributed by atoms with Crippen LogP contribution in [0.25, 0.3) is 22.2 Å². The SMILES string of the molecule is O=S(=O)(c1ccc2ccccc2c1)N1CCC[C@@H](c2nc(-c3ccc(F)cc3)no2)C1. The van der Waals surface area contributed by atoms with E-state index in [-0.39, 0.29) is 23.2 Å². The Morgan fingerprint density at radius 2 is 1.77 bits per heavy atom. The van der Waals surface area contributed by atoms with Gasteiger partial charge in [0.15, 0.2) is 0 Å². The molecule has 0 saturated carbocycles. The van der Waals surface area contributed by atoms with E-state index in [1.165, 1.54) is 16.4 Å². The maximum atomic E-state index is 13.3. The number of hydrogen-bond acceptors (Lipinski definition) is 5. The monoisotopic (exact) mass is 437 g/mol. The summed E-state index contributed by atoms with van der Waals surface area (Å²) >= 11 is 0. The second-order valence-corrected chi connectivity index (χ2v) is 9.61. The summed E-state index contributed by atoms with van der Waals surface area (Å²) in [7, 11) is -3.64. The topological polar surface area (TPSA) is 76.3 Å². The predicted molar refractivity (Wildman–Crippen MR) is 114 cm³/mol. The number of rotatable bonds is 4. The van der Waals surface area contributed by atoms with E-state index >= 15 is 0 Å². The highest BCUT2D eigenvalue weighted by Crippen LogP contribution is 2.31. The first kappa shape index (κ1) is 19.8. The minimum absolute atomic E-state index is 0.189. The standard InChI is InChI=1S/C23H20FN3O3S/c24-20-10-7-17(8-11-20)22-25-23(30-26-22)19-6-3-13-27(15-19)31(28,29)21-12-9-16-4-1-2-5-18(16)14-21/h1-2,4-5,7-12,14,19H,3,6,13,15H2/t19-/m1/s1. The highest BCUT2D eigenvalue weighted by molar-refractivity contribution is 7.89. The number of fused-ring (bicyclic) bond motifs is 1. The Balaban J connectivity index is 1.39. The number of hydrogen-bond donors (Lipinski definition) is 0. The molecular formula is C23H20FN3O3S. The van der Waals surface area contributed by atoms with Crippen molar-refractivity contribution >= 4 is 20.8 Å². The first-order valence-corrected chi connectivity index (χ1v) is 11.5. The van der Waals surface area contributed by atoms with Crippen LogP contribution in [0.2, 0.25) is 0 Å². The zero-order valence-electron chi connectivity index (χ0n) is 16.6. The van der Waals surface area contributed by atoms with Gasteiger partial charge >= 0.3 is 0 Å². The largest absolute Gasteiger partial charge is 0.339 e. The van der Waals surface area contributed by atoms with Gasteiger partial charge in [0.05, 0.1) is 10.8 Å². The summed E-state index contributed by atoms with van der Waals surface area (Å²) in [6, 6.07) is 18.7. The smallest absolute Gasteiger partial charge is 0.243 e. The van der Waals surface area contributed by atoms with Gasteiger partial charge in [-0.2, -0.15) is 9.29 Å². The fourth-order valence-corrected chi connectivity index (χ4v) is 5.52. The third kappa shape index (κ3) is 3.84. The molecule has 1 atom stereocenters. The maximum Gasteiger partial charge on any atom is 0.243 e. The molecule has 0 unspecified atom stereocenters. The van der Waals surface area contributed by atoms with Crippen LogP contribution < -0.4 is 0 Å². The molecule has 8 heteroatoms. The molecule has 0 spiro atoms. The van der Waals surface area contributed by atoms with Crippen LogP contribution in [0.15, 0.2) is 76.1 Å². The number of nitrogens with zero attached hydrogens (tertiary/aromatic N) is 3. The van der Waals surface area contributed by atoms with Gasteiger partial charge in [-0.05, 0) is 60.0 Å². The summed E-state index contributed by atoms with van der Waals surface area (Å²) in [5.74, 6) is 0.238. The van der Waals surface area contributed by atoms with Crippen molar-refractivity contribution in [3.8, 4) is 11.4 Å². The highest BCUT2D eigenvalue weighted by Gasteiger charge is 2.33. The van der Waals surface area contributed by atoms with Gasteiger partial charge in [0.2, 0.25) is 21.7 Å². The van der Waals surface area contributed by atoms with Gasteiger partial charge in [-0.1, -0.05) is 35.5 Å². The Morgan fingerprint density at radius 3 is 2.58 bits per heavy atom. The minimum Gasteiger partial charge on any atom is -0.339 e. The summed E-state index contributed by atoms with van der Waals surface area (Å²) in [6.07, 6.45) is 1.46. The van der Waals surface area contributed by atoms with Gasteiger partial charge in [-0.3, -0.25) is 0 Å². The Kier molecular flexibility index (Phi) is 5.03. The lowest BCUT2D eigenvalue weighted by atomic mass is 10.00. The molecule has 1 saturated heterocycles. The normalized spacial score (nSPS) is 17.8. The third-order valence-electron chi connectivity index (χ3n) is 5.64. The van der Waals surface area contributed by atoms with Gasteiger partial charge in [-0.25, -0.2) is 12.8 Å². The zero-order chi connectivity index (χ0) is 21.4. The first-order chi connectivity index (χ1) is 15.0. The van der Waals surface area contributed by atoms with Crippen molar-refractivity contribution in [1.82, 2.24) is 14.4 Å². The average molecular weight is 437 g/mol. The molecule has 0 amide bonds. The number of sulfonamides is 1. The number of halogens is 1. The van der Waals surface area contributed by atoms with Crippen molar-refractivity contribution in [3.05, 3.63) is 78.4 Å². The zero-order valence-corrected chi connectivity index (χ0v) is 17.4. The van der Waals surface area contributed by atoms with Gasteiger partial charge in [0.1, 0.15) is 5.82 Å². The molecule has 2 heterocycles. The number of aromatic nitrogens is 2. The molecule has 31 heavy (non-hydrogen) atoms. The van der Waals surface area contributed by atoms with Crippen LogP contribution in [-0.2, 0) is 10.0 Å². The molecule has 0 N–H and O–H groups in total. The summed E-state index contributed by atoms with van der Waals surface area (Å²) in [6.45, 7) is 0.727. The van der Waals surface area contributed by atoms with Crippen LogP contribution in [0.3, 0.4) is 0 Å². The maximum absolute atomic E-state index is 13.3. The quantitative estimate of drug-likeness (QED) is 0.466. The molecule has 1 aliphatic rings. The Hall–Kier alpha value is -3.10. The Morgan fingerprint density at radius 1 is 1.00 bits per heavy atom. The van der Waals surface area contributed by atoms with E-state index in [0.29, 0.717) is 30.2 Å². The van der Waals surface area contributed by atoms with E-state index in [4.69, 9.17) is 4.52 Å². The van der Waals surface area contributed by atoms with Gasteiger partial charge in [0.25, 0.3) is 0 Å². The predicted octanol–water partition coefficient (Wildman–Crippen LogP) is 4.60. The van der Waals surface area contributed by atoms with Crippen LogP contribution in [0.1, 0.15) is 24.7 Å². The number of piperidine rings is 1. The molecular weight excluding hydrogens is 417 g/mol. The lowest BCUT2D eigenvalue weighted by Gasteiger charge is -2.30. The summed E-state index contributed by atoms with van der Waals surface area (Å²) in [4.78, 5) is 4.72. The minimum atomic E-state index is -3.64. The van der Waals surface area contributed by atoms with Crippen molar-refractivity contribution in [2.45, 2.75) is 23.7 Å². The highest BCUT2D eigenvalue weighted by atomic mass is 32.2. The molecule has 1 fully saturated rings. The number of benzene rings is 3. The summed E-state index contributed by atoms with van der Waals surface area (Å²) in [5, 5.41) is 5.88. The molecule has 0 aliphatic carbocycles. The molecule has 158 valence electrons. The van der Waals surface area contributed by atoms with Crippen molar-refractivity contribution in [2.75, 3.05) is 13.1 Å². The van der Waals surface area contributed by atoms with Crippen LogP contribution in [-0.4, -0.2) is 36.0 Å². The van der Waals surface area contributed by atoms with E-state index in [0.717, 1.165) is 17.2 Å².